The molecule has 1 aromatic rings. The van der Waals surface area contributed by atoms with Gasteiger partial charge in [-0.3, -0.25) is 4.79 Å². The van der Waals surface area contributed by atoms with Gasteiger partial charge in [0.25, 0.3) is 5.91 Å². The molecule has 82 valence electrons. The lowest BCUT2D eigenvalue weighted by Gasteiger charge is -2.09. The number of aryl methyl sites for hydroxylation is 1. The summed E-state index contributed by atoms with van der Waals surface area (Å²) in [6, 6.07) is 4.26. The van der Waals surface area contributed by atoms with Gasteiger partial charge in [-0.2, -0.15) is 0 Å². The minimum atomic E-state index is 0.0772. The van der Waals surface area contributed by atoms with Gasteiger partial charge in [-0.1, -0.05) is 6.92 Å². The molecule has 0 unspecified atom stereocenters. The van der Waals surface area contributed by atoms with Crippen molar-refractivity contribution in [2.24, 2.45) is 0 Å². The van der Waals surface area contributed by atoms with Crippen LogP contribution in [0.25, 0.3) is 0 Å². The molecule has 1 aromatic heterocycles. The summed E-state index contributed by atoms with van der Waals surface area (Å²) in [5.41, 5.74) is 0. The molecule has 1 saturated heterocycles. The number of hydrogen-bond donors (Lipinski definition) is 2. The van der Waals surface area contributed by atoms with Gasteiger partial charge in [-0.15, -0.1) is 11.3 Å². The molecule has 0 saturated carbocycles. The lowest BCUT2D eigenvalue weighted by Crippen LogP contribution is -2.35. The van der Waals surface area contributed by atoms with Crippen LogP contribution in [0.2, 0.25) is 0 Å². The van der Waals surface area contributed by atoms with Gasteiger partial charge < -0.3 is 10.6 Å². The molecule has 0 bridgehead atoms. The van der Waals surface area contributed by atoms with E-state index in [0.29, 0.717) is 6.04 Å². The fraction of sp³-hybridized carbons (Fsp3) is 0.545. The van der Waals surface area contributed by atoms with Crippen LogP contribution in [0, 0.1) is 0 Å². The van der Waals surface area contributed by atoms with Gasteiger partial charge in [-0.05, 0) is 31.5 Å². The van der Waals surface area contributed by atoms with E-state index in [-0.39, 0.29) is 5.91 Å². The maximum absolute atomic E-state index is 11.8. The van der Waals surface area contributed by atoms with E-state index in [0.717, 1.165) is 30.8 Å². The number of thiophene rings is 1. The molecule has 2 rings (SSSR count). The van der Waals surface area contributed by atoms with Crippen molar-refractivity contribution in [2.75, 3.05) is 13.1 Å². The summed E-state index contributed by atoms with van der Waals surface area (Å²) in [5.74, 6) is 0.0772. The Balaban J connectivity index is 1.94. The first kappa shape index (κ1) is 10.6. The first-order chi connectivity index (χ1) is 7.29. The second kappa shape index (κ2) is 4.77. The lowest BCUT2D eigenvalue weighted by atomic mass is 10.2. The zero-order chi connectivity index (χ0) is 10.7. The van der Waals surface area contributed by atoms with E-state index in [4.69, 9.17) is 0 Å². The van der Waals surface area contributed by atoms with Crippen molar-refractivity contribution in [2.45, 2.75) is 25.8 Å². The Morgan fingerprint density at radius 2 is 2.53 bits per heavy atom. The van der Waals surface area contributed by atoms with Crippen molar-refractivity contribution < 1.29 is 4.79 Å². The number of amides is 1. The van der Waals surface area contributed by atoms with Gasteiger partial charge in [0.05, 0.1) is 4.88 Å². The highest BCUT2D eigenvalue weighted by Gasteiger charge is 2.18. The predicted molar refractivity (Wildman–Crippen MR) is 62.4 cm³/mol. The fourth-order valence-electron chi connectivity index (χ4n) is 1.72. The van der Waals surface area contributed by atoms with Crippen molar-refractivity contribution in [3.63, 3.8) is 0 Å². The van der Waals surface area contributed by atoms with Crippen molar-refractivity contribution in [3.05, 3.63) is 21.9 Å². The van der Waals surface area contributed by atoms with Crippen molar-refractivity contribution in [1.82, 2.24) is 10.6 Å². The van der Waals surface area contributed by atoms with E-state index >= 15 is 0 Å². The average molecular weight is 224 g/mol. The number of nitrogens with one attached hydrogen (secondary N) is 2. The number of rotatable bonds is 3. The molecular formula is C11H16N2OS. The first-order valence-corrected chi connectivity index (χ1v) is 6.21. The quantitative estimate of drug-likeness (QED) is 0.815. The normalized spacial score (nSPS) is 20.5. The van der Waals surface area contributed by atoms with Crippen LogP contribution in [0.4, 0.5) is 0 Å². The number of hydrogen-bond acceptors (Lipinski definition) is 3. The summed E-state index contributed by atoms with van der Waals surface area (Å²) in [4.78, 5) is 13.9. The largest absolute Gasteiger partial charge is 0.347 e. The van der Waals surface area contributed by atoms with Gasteiger partial charge >= 0.3 is 0 Å². The van der Waals surface area contributed by atoms with Crippen LogP contribution < -0.4 is 10.6 Å². The van der Waals surface area contributed by atoms with E-state index in [9.17, 15) is 4.79 Å². The monoisotopic (exact) mass is 224 g/mol. The molecule has 2 N–H and O–H groups in total. The smallest absolute Gasteiger partial charge is 0.261 e. The molecule has 1 aliphatic heterocycles. The summed E-state index contributed by atoms with van der Waals surface area (Å²) in [7, 11) is 0. The summed E-state index contributed by atoms with van der Waals surface area (Å²) in [6.45, 7) is 4.02. The fourth-order valence-corrected chi connectivity index (χ4v) is 2.57. The molecule has 3 nitrogen and oxygen atoms in total. The lowest BCUT2D eigenvalue weighted by molar-refractivity contribution is 0.0944. The van der Waals surface area contributed by atoms with E-state index in [1.165, 1.54) is 4.88 Å². The Hall–Kier alpha value is -0.870. The molecule has 2 heterocycles. The Labute approximate surface area is 93.9 Å². The van der Waals surface area contributed by atoms with Crippen molar-refractivity contribution in [3.8, 4) is 0 Å². The molecule has 1 atom stereocenters. The Bertz CT molecular complexity index is 342. The van der Waals surface area contributed by atoms with E-state index in [1.54, 1.807) is 11.3 Å². The van der Waals surface area contributed by atoms with Crippen LogP contribution in [0.1, 0.15) is 27.9 Å². The summed E-state index contributed by atoms with van der Waals surface area (Å²) in [6.07, 6.45) is 2.04. The molecule has 0 aliphatic carbocycles. The number of carbonyl (C=O) groups is 1. The summed E-state index contributed by atoms with van der Waals surface area (Å²) >= 11 is 1.59. The van der Waals surface area contributed by atoms with E-state index in [1.807, 2.05) is 12.1 Å². The van der Waals surface area contributed by atoms with Crippen LogP contribution in [0.3, 0.4) is 0 Å². The van der Waals surface area contributed by atoms with Gasteiger partial charge in [0.2, 0.25) is 0 Å². The second-order valence-corrected chi connectivity index (χ2v) is 4.95. The topological polar surface area (TPSA) is 41.1 Å². The van der Waals surface area contributed by atoms with Gasteiger partial charge in [0, 0.05) is 17.5 Å². The molecule has 0 aromatic carbocycles. The highest BCUT2D eigenvalue weighted by molar-refractivity contribution is 7.14. The molecule has 1 fully saturated rings. The van der Waals surface area contributed by atoms with Crippen molar-refractivity contribution in [1.29, 1.82) is 0 Å². The molecular weight excluding hydrogens is 208 g/mol. The molecule has 0 radical (unpaired) electrons. The van der Waals surface area contributed by atoms with Crippen LogP contribution in [0.5, 0.6) is 0 Å². The maximum Gasteiger partial charge on any atom is 0.261 e. The summed E-state index contributed by atoms with van der Waals surface area (Å²) in [5, 5.41) is 6.28. The minimum Gasteiger partial charge on any atom is -0.347 e. The Morgan fingerprint density at radius 3 is 3.13 bits per heavy atom. The third kappa shape index (κ3) is 2.58. The number of carbonyl (C=O) groups excluding carboxylic acids is 1. The van der Waals surface area contributed by atoms with Gasteiger partial charge in [0.15, 0.2) is 0 Å². The van der Waals surface area contributed by atoms with E-state index in [2.05, 4.69) is 17.6 Å². The van der Waals surface area contributed by atoms with Crippen LogP contribution in [-0.4, -0.2) is 25.0 Å². The Morgan fingerprint density at radius 1 is 1.67 bits per heavy atom. The third-order valence-electron chi connectivity index (χ3n) is 2.63. The average Bonchev–Trinajstić information content (AvgIpc) is 2.86. The molecule has 0 spiro atoms. The zero-order valence-electron chi connectivity index (χ0n) is 8.88. The third-order valence-corrected chi connectivity index (χ3v) is 3.86. The molecule has 15 heavy (non-hydrogen) atoms. The van der Waals surface area contributed by atoms with Crippen molar-refractivity contribution >= 4 is 17.2 Å². The van der Waals surface area contributed by atoms with Crippen LogP contribution in [0.15, 0.2) is 12.1 Å². The van der Waals surface area contributed by atoms with Gasteiger partial charge in [0.1, 0.15) is 0 Å². The highest BCUT2D eigenvalue weighted by Crippen LogP contribution is 2.17. The van der Waals surface area contributed by atoms with Crippen LogP contribution in [-0.2, 0) is 6.42 Å². The summed E-state index contributed by atoms with van der Waals surface area (Å²) < 4.78 is 0. The second-order valence-electron chi connectivity index (χ2n) is 3.78. The standard InChI is InChI=1S/C11H16N2OS/c1-2-9-3-4-10(15-9)11(14)13-8-5-6-12-7-8/h3-4,8,12H,2,5-7H2,1H3,(H,13,14)/t8-/m1/s1. The SMILES string of the molecule is CCc1ccc(C(=O)N[C@@H]2CCNC2)s1. The van der Waals surface area contributed by atoms with E-state index < -0.39 is 0 Å². The first-order valence-electron chi connectivity index (χ1n) is 5.40. The van der Waals surface area contributed by atoms with Gasteiger partial charge in [-0.25, -0.2) is 0 Å². The Kier molecular flexibility index (Phi) is 3.38. The predicted octanol–water partition coefficient (Wildman–Crippen LogP) is 1.40. The van der Waals surface area contributed by atoms with Crippen LogP contribution >= 0.6 is 11.3 Å². The maximum atomic E-state index is 11.8. The zero-order valence-corrected chi connectivity index (χ0v) is 9.69. The molecule has 1 aliphatic rings. The highest BCUT2D eigenvalue weighted by atomic mass is 32.1. The molecule has 4 heteroatoms. The molecule has 1 amide bonds. The minimum absolute atomic E-state index is 0.0772.